The maximum absolute atomic E-state index is 6.07. The van der Waals surface area contributed by atoms with Gasteiger partial charge in [-0.1, -0.05) is 0 Å². The molecular formula is C12H23N3O2. The van der Waals surface area contributed by atoms with Gasteiger partial charge in [0.1, 0.15) is 5.82 Å². The topological polar surface area (TPSA) is 62.3 Å². The van der Waals surface area contributed by atoms with Crippen molar-refractivity contribution in [3.05, 3.63) is 18.2 Å². The molecule has 0 aromatic carbocycles. The first-order valence-corrected chi connectivity index (χ1v) is 6.14. The van der Waals surface area contributed by atoms with Crippen molar-refractivity contribution in [2.24, 2.45) is 12.8 Å². The summed E-state index contributed by atoms with van der Waals surface area (Å²) in [5.41, 5.74) is 6.07. The first kappa shape index (κ1) is 14.2. The van der Waals surface area contributed by atoms with E-state index in [0.717, 1.165) is 18.7 Å². The van der Waals surface area contributed by atoms with Gasteiger partial charge < -0.3 is 19.8 Å². The molecule has 1 aromatic heterocycles. The van der Waals surface area contributed by atoms with Crippen LogP contribution in [0.25, 0.3) is 0 Å². The number of imidazole rings is 1. The Morgan fingerprint density at radius 2 is 2.00 bits per heavy atom. The van der Waals surface area contributed by atoms with Crippen molar-refractivity contribution in [3.8, 4) is 0 Å². The predicted molar refractivity (Wildman–Crippen MR) is 66.5 cm³/mol. The Labute approximate surface area is 103 Å². The summed E-state index contributed by atoms with van der Waals surface area (Å²) in [4.78, 5) is 4.26. The summed E-state index contributed by atoms with van der Waals surface area (Å²) < 4.78 is 12.9. The highest BCUT2D eigenvalue weighted by Gasteiger charge is 2.18. The first-order valence-electron chi connectivity index (χ1n) is 6.14. The van der Waals surface area contributed by atoms with Crippen LogP contribution in [0.3, 0.4) is 0 Å². The lowest BCUT2D eigenvalue weighted by Crippen LogP contribution is -2.39. The van der Waals surface area contributed by atoms with Crippen molar-refractivity contribution in [1.82, 2.24) is 9.55 Å². The van der Waals surface area contributed by atoms with Gasteiger partial charge in [-0.3, -0.25) is 0 Å². The van der Waals surface area contributed by atoms with E-state index < -0.39 is 0 Å². The van der Waals surface area contributed by atoms with Crippen molar-refractivity contribution >= 4 is 0 Å². The number of rotatable bonds is 8. The molecule has 0 spiro atoms. The van der Waals surface area contributed by atoms with Crippen LogP contribution in [0.15, 0.2) is 12.4 Å². The maximum atomic E-state index is 6.07. The van der Waals surface area contributed by atoms with Crippen LogP contribution < -0.4 is 5.73 Å². The molecule has 0 radical (unpaired) electrons. The van der Waals surface area contributed by atoms with Crippen molar-refractivity contribution in [2.75, 3.05) is 13.2 Å². The van der Waals surface area contributed by atoms with Gasteiger partial charge >= 0.3 is 0 Å². The van der Waals surface area contributed by atoms with Gasteiger partial charge in [-0.2, -0.15) is 0 Å². The lowest BCUT2D eigenvalue weighted by molar-refractivity contribution is -0.149. The van der Waals surface area contributed by atoms with E-state index in [1.807, 2.05) is 31.7 Å². The van der Waals surface area contributed by atoms with Gasteiger partial charge in [-0.25, -0.2) is 4.98 Å². The molecule has 1 aromatic rings. The van der Waals surface area contributed by atoms with E-state index in [1.165, 1.54) is 0 Å². The monoisotopic (exact) mass is 241 g/mol. The van der Waals surface area contributed by atoms with E-state index in [-0.39, 0.29) is 12.3 Å². The summed E-state index contributed by atoms with van der Waals surface area (Å²) in [7, 11) is 1.98. The zero-order chi connectivity index (χ0) is 12.7. The number of nitrogens with two attached hydrogens (primary N) is 1. The molecule has 0 aliphatic rings. The molecule has 98 valence electrons. The number of aryl methyl sites for hydroxylation is 2. The Morgan fingerprint density at radius 1 is 1.35 bits per heavy atom. The molecule has 0 aliphatic carbocycles. The number of ether oxygens (including phenoxy) is 2. The number of aromatic nitrogens is 2. The molecule has 0 saturated carbocycles. The first-order chi connectivity index (χ1) is 8.19. The van der Waals surface area contributed by atoms with E-state index >= 15 is 0 Å². The second-order valence-corrected chi connectivity index (χ2v) is 3.94. The fourth-order valence-corrected chi connectivity index (χ4v) is 1.69. The van der Waals surface area contributed by atoms with Crippen molar-refractivity contribution in [2.45, 2.75) is 39.0 Å². The van der Waals surface area contributed by atoms with Crippen LogP contribution in [-0.4, -0.2) is 35.1 Å². The average Bonchev–Trinajstić information content (AvgIpc) is 2.71. The molecule has 0 fully saturated rings. The smallest absolute Gasteiger partial charge is 0.172 e. The standard InChI is InChI=1S/C12H23N3O2/c1-4-16-12(17-5-2)10(13)6-7-11-14-8-9-15(11)3/h8-10,12H,4-7,13H2,1-3H3. The SMILES string of the molecule is CCOC(OCC)C(N)CCc1nccn1C. The average molecular weight is 241 g/mol. The quantitative estimate of drug-likeness (QED) is 0.692. The zero-order valence-corrected chi connectivity index (χ0v) is 10.9. The van der Waals surface area contributed by atoms with Gasteiger partial charge in [0.15, 0.2) is 6.29 Å². The van der Waals surface area contributed by atoms with Crippen LogP contribution in [0.2, 0.25) is 0 Å². The van der Waals surface area contributed by atoms with E-state index in [2.05, 4.69) is 4.98 Å². The molecule has 17 heavy (non-hydrogen) atoms. The van der Waals surface area contributed by atoms with Crippen LogP contribution in [0.5, 0.6) is 0 Å². The second-order valence-electron chi connectivity index (χ2n) is 3.94. The summed E-state index contributed by atoms with van der Waals surface area (Å²) in [5.74, 6) is 1.03. The van der Waals surface area contributed by atoms with Crippen molar-refractivity contribution in [1.29, 1.82) is 0 Å². The van der Waals surface area contributed by atoms with Gasteiger partial charge in [-0.05, 0) is 20.3 Å². The summed E-state index contributed by atoms with van der Waals surface area (Å²) in [6, 6.07) is -0.119. The normalized spacial score (nSPS) is 13.2. The van der Waals surface area contributed by atoms with Gasteiger partial charge in [-0.15, -0.1) is 0 Å². The molecule has 0 bridgehead atoms. The number of hydrogen-bond donors (Lipinski definition) is 1. The summed E-state index contributed by atoms with van der Waals surface area (Å²) in [5, 5.41) is 0. The Bertz CT molecular complexity index is 308. The largest absolute Gasteiger partial charge is 0.351 e. The molecule has 1 atom stereocenters. The molecule has 5 nitrogen and oxygen atoms in total. The van der Waals surface area contributed by atoms with Crippen molar-refractivity contribution < 1.29 is 9.47 Å². The third-order valence-corrected chi connectivity index (χ3v) is 2.63. The molecule has 2 N–H and O–H groups in total. The lowest BCUT2D eigenvalue weighted by Gasteiger charge is -2.23. The molecule has 0 amide bonds. The summed E-state index contributed by atoms with van der Waals surface area (Å²) >= 11 is 0. The molecule has 1 heterocycles. The van der Waals surface area contributed by atoms with Gasteiger partial charge in [0, 0.05) is 39.1 Å². The van der Waals surface area contributed by atoms with E-state index in [4.69, 9.17) is 15.2 Å². The highest BCUT2D eigenvalue weighted by atomic mass is 16.7. The van der Waals surface area contributed by atoms with E-state index in [1.54, 1.807) is 6.20 Å². The Hall–Kier alpha value is -0.910. The summed E-state index contributed by atoms with van der Waals surface area (Å²) in [6.45, 7) is 5.11. The van der Waals surface area contributed by atoms with Crippen LogP contribution in [-0.2, 0) is 22.9 Å². The Kier molecular flexibility index (Phi) is 6.18. The molecule has 5 heteroatoms. The summed E-state index contributed by atoms with van der Waals surface area (Å²) in [6.07, 6.45) is 5.05. The highest BCUT2D eigenvalue weighted by Crippen LogP contribution is 2.08. The fourth-order valence-electron chi connectivity index (χ4n) is 1.69. The molecule has 1 unspecified atom stereocenters. The molecule has 0 aliphatic heterocycles. The van der Waals surface area contributed by atoms with Crippen molar-refractivity contribution in [3.63, 3.8) is 0 Å². The third kappa shape index (κ3) is 4.46. The van der Waals surface area contributed by atoms with Crippen LogP contribution in [0.1, 0.15) is 26.1 Å². The number of nitrogens with zero attached hydrogens (tertiary/aromatic N) is 2. The minimum absolute atomic E-state index is 0.119. The third-order valence-electron chi connectivity index (χ3n) is 2.63. The predicted octanol–water partition coefficient (Wildman–Crippen LogP) is 1.08. The van der Waals surface area contributed by atoms with Gasteiger partial charge in [0.05, 0.1) is 6.04 Å². The van der Waals surface area contributed by atoms with Crippen LogP contribution >= 0.6 is 0 Å². The minimum atomic E-state index is -0.315. The van der Waals surface area contributed by atoms with Gasteiger partial charge in [0.2, 0.25) is 0 Å². The number of hydrogen-bond acceptors (Lipinski definition) is 4. The maximum Gasteiger partial charge on any atom is 0.172 e. The van der Waals surface area contributed by atoms with E-state index in [9.17, 15) is 0 Å². The Balaban J connectivity index is 2.41. The highest BCUT2D eigenvalue weighted by molar-refractivity contribution is 4.92. The van der Waals surface area contributed by atoms with E-state index in [0.29, 0.717) is 13.2 Å². The molecule has 1 rings (SSSR count). The lowest BCUT2D eigenvalue weighted by atomic mass is 10.1. The Morgan fingerprint density at radius 3 is 2.47 bits per heavy atom. The minimum Gasteiger partial charge on any atom is -0.351 e. The van der Waals surface area contributed by atoms with Crippen LogP contribution in [0.4, 0.5) is 0 Å². The zero-order valence-electron chi connectivity index (χ0n) is 10.9. The van der Waals surface area contributed by atoms with Crippen LogP contribution in [0, 0.1) is 0 Å². The fraction of sp³-hybridized carbons (Fsp3) is 0.750. The second kappa shape index (κ2) is 7.42. The molecule has 0 saturated heterocycles. The molecular weight excluding hydrogens is 218 g/mol. The van der Waals surface area contributed by atoms with Gasteiger partial charge in [0.25, 0.3) is 0 Å².